The summed E-state index contributed by atoms with van der Waals surface area (Å²) in [6, 6.07) is 10.4. The first-order chi connectivity index (χ1) is 11.9. The molecule has 1 aliphatic heterocycles. The van der Waals surface area contributed by atoms with Crippen molar-refractivity contribution in [1.29, 1.82) is 0 Å². The van der Waals surface area contributed by atoms with Crippen molar-refractivity contribution >= 4 is 48.0 Å². The van der Waals surface area contributed by atoms with Gasteiger partial charge in [-0.25, -0.2) is 9.97 Å². The van der Waals surface area contributed by atoms with E-state index in [-0.39, 0.29) is 24.8 Å². The van der Waals surface area contributed by atoms with E-state index in [4.69, 9.17) is 0 Å². The highest BCUT2D eigenvalue weighted by molar-refractivity contribution is 5.85. The lowest BCUT2D eigenvalue weighted by molar-refractivity contribution is 0.283. The molecule has 3 heterocycles. The lowest BCUT2D eigenvalue weighted by atomic mass is 10.2. The Hall–Kier alpha value is -2.15. The Morgan fingerprint density at radius 2 is 1.77 bits per heavy atom. The molecule has 0 atom stereocenters. The number of aromatic nitrogens is 4. The summed E-state index contributed by atoms with van der Waals surface area (Å²) in [7, 11) is 0. The average molecular weight is 393 g/mol. The Balaban J connectivity index is 0.00000121. The number of hydrogen-bond acceptors (Lipinski definition) is 5. The Labute approximate surface area is 165 Å². The molecule has 0 bridgehead atoms. The molecule has 2 aromatic heterocycles. The van der Waals surface area contributed by atoms with Crippen molar-refractivity contribution in [2.45, 2.75) is 0 Å². The van der Waals surface area contributed by atoms with Crippen molar-refractivity contribution in [3.8, 4) is 0 Å². The standard InChI is InChI=1S/C18H20N6.2ClH/c1-2-5-15(6-3-1)7-4-8-23-9-11-24(12-10-23)18-19-13-16-17(22-18)21-14-20-16;;/h1-7,13-14H,8-12H2,(H,19,20,21,22);2*1H/b7-4+;;. The molecule has 1 fully saturated rings. The molecular formula is C18H22Cl2N6. The van der Waals surface area contributed by atoms with Crippen LogP contribution in [0.2, 0.25) is 0 Å². The molecule has 1 saturated heterocycles. The first-order valence-electron chi connectivity index (χ1n) is 8.23. The zero-order valence-corrected chi connectivity index (χ0v) is 15.9. The largest absolute Gasteiger partial charge is 0.342 e. The summed E-state index contributed by atoms with van der Waals surface area (Å²) >= 11 is 0. The van der Waals surface area contributed by atoms with Gasteiger partial charge in [0.1, 0.15) is 5.52 Å². The number of hydrogen-bond donors (Lipinski definition) is 1. The quantitative estimate of drug-likeness (QED) is 0.739. The highest BCUT2D eigenvalue weighted by Crippen LogP contribution is 2.14. The van der Waals surface area contributed by atoms with Crippen LogP contribution in [0, 0.1) is 0 Å². The number of aromatic amines is 1. The van der Waals surface area contributed by atoms with Gasteiger partial charge in [-0.1, -0.05) is 42.5 Å². The number of piperazine rings is 1. The van der Waals surface area contributed by atoms with E-state index in [1.165, 1.54) is 5.56 Å². The average Bonchev–Trinajstić information content (AvgIpc) is 3.11. The predicted molar refractivity (Wildman–Crippen MR) is 110 cm³/mol. The molecule has 1 aliphatic rings. The molecule has 3 aromatic rings. The Morgan fingerprint density at radius 1 is 1.00 bits per heavy atom. The zero-order chi connectivity index (χ0) is 16.2. The number of nitrogens with zero attached hydrogens (tertiary/aromatic N) is 5. The zero-order valence-electron chi connectivity index (χ0n) is 14.3. The van der Waals surface area contributed by atoms with E-state index < -0.39 is 0 Å². The van der Waals surface area contributed by atoms with E-state index in [1.807, 2.05) is 6.07 Å². The Kier molecular flexibility index (Phi) is 7.38. The highest BCUT2D eigenvalue weighted by Gasteiger charge is 2.18. The van der Waals surface area contributed by atoms with Gasteiger partial charge in [0.15, 0.2) is 5.65 Å². The van der Waals surface area contributed by atoms with Crippen molar-refractivity contribution in [3.05, 3.63) is 54.5 Å². The minimum Gasteiger partial charge on any atom is -0.342 e. The van der Waals surface area contributed by atoms with Gasteiger partial charge in [0.25, 0.3) is 0 Å². The third-order valence-corrected chi connectivity index (χ3v) is 4.29. The summed E-state index contributed by atoms with van der Waals surface area (Å²) in [6.07, 6.45) is 7.87. The molecule has 26 heavy (non-hydrogen) atoms. The van der Waals surface area contributed by atoms with Gasteiger partial charge in [-0.2, -0.15) is 4.98 Å². The fourth-order valence-corrected chi connectivity index (χ4v) is 2.91. The molecule has 0 amide bonds. The highest BCUT2D eigenvalue weighted by atomic mass is 35.5. The maximum absolute atomic E-state index is 4.53. The van der Waals surface area contributed by atoms with E-state index >= 15 is 0 Å². The van der Waals surface area contributed by atoms with E-state index in [0.29, 0.717) is 0 Å². The normalized spacial score (nSPS) is 15.0. The van der Waals surface area contributed by atoms with Crippen LogP contribution in [0.1, 0.15) is 5.56 Å². The number of H-pyrrole nitrogens is 1. The molecule has 0 aliphatic carbocycles. The van der Waals surface area contributed by atoms with Crippen molar-refractivity contribution < 1.29 is 0 Å². The summed E-state index contributed by atoms with van der Waals surface area (Å²) in [4.78, 5) is 20.9. The molecule has 0 unspecified atom stereocenters. The summed E-state index contributed by atoms with van der Waals surface area (Å²) in [5.74, 6) is 0.772. The molecule has 8 heteroatoms. The van der Waals surface area contributed by atoms with Crippen LogP contribution in [-0.2, 0) is 0 Å². The molecule has 4 rings (SSSR count). The van der Waals surface area contributed by atoms with Crippen LogP contribution >= 0.6 is 24.8 Å². The van der Waals surface area contributed by atoms with Gasteiger partial charge >= 0.3 is 0 Å². The molecule has 0 spiro atoms. The summed E-state index contributed by atoms with van der Waals surface area (Å²) in [5, 5.41) is 0. The minimum atomic E-state index is 0. The first kappa shape index (κ1) is 20.2. The number of imidazole rings is 1. The van der Waals surface area contributed by atoms with Crippen molar-refractivity contribution in [2.75, 3.05) is 37.6 Å². The fraction of sp³-hybridized carbons (Fsp3) is 0.278. The van der Waals surface area contributed by atoms with Crippen molar-refractivity contribution in [2.24, 2.45) is 0 Å². The summed E-state index contributed by atoms with van der Waals surface area (Å²) in [5.41, 5.74) is 2.86. The van der Waals surface area contributed by atoms with Gasteiger partial charge in [-0.15, -0.1) is 24.8 Å². The smallest absolute Gasteiger partial charge is 0.227 e. The number of fused-ring (bicyclic) bond motifs is 1. The minimum absolute atomic E-state index is 0. The monoisotopic (exact) mass is 392 g/mol. The summed E-state index contributed by atoms with van der Waals surface area (Å²) in [6.45, 7) is 4.88. The number of benzene rings is 1. The van der Waals surface area contributed by atoms with Gasteiger partial charge in [0.05, 0.1) is 12.5 Å². The van der Waals surface area contributed by atoms with Crippen LogP contribution in [0.5, 0.6) is 0 Å². The van der Waals surface area contributed by atoms with Crippen LogP contribution < -0.4 is 4.90 Å². The lowest BCUT2D eigenvalue weighted by Gasteiger charge is -2.34. The second kappa shape index (κ2) is 9.52. The molecule has 1 aromatic carbocycles. The van der Waals surface area contributed by atoms with Gasteiger partial charge in [-0.3, -0.25) is 4.90 Å². The number of anilines is 1. The van der Waals surface area contributed by atoms with Gasteiger partial charge in [-0.05, 0) is 5.56 Å². The lowest BCUT2D eigenvalue weighted by Crippen LogP contribution is -2.46. The number of nitrogens with one attached hydrogen (secondary N) is 1. The van der Waals surface area contributed by atoms with Crippen LogP contribution in [0.3, 0.4) is 0 Å². The van der Waals surface area contributed by atoms with Crippen LogP contribution in [0.4, 0.5) is 5.95 Å². The van der Waals surface area contributed by atoms with Crippen LogP contribution in [0.15, 0.2) is 48.9 Å². The maximum atomic E-state index is 4.53. The summed E-state index contributed by atoms with van der Waals surface area (Å²) < 4.78 is 0. The molecule has 6 nitrogen and oxygen atoms in total. The molecular weight excluding hydrogens is 371 g/mol. The van der Waals surface area contributed by atoms with Crippen LogP contribution in [0.25, 0.3) is 17.2 Å². The van der Waals surface area contributed by atoms with Crippen molar-refractivity contribution in [1.82, 2.24) is 24.8 Å². The van der Waals surface area contributed by atoms with Gasteiger partial charge < -0.3 is 9.88 Å². The van der Waals surface area contributed by atoms with E-state index in [1.54, 1.807) is 12.5 Å². The third-order valence-electron chi connectivity index (χ3n) is 4.29. The van der Waals surface area contributed by atoms with Crippen LogP contribution in [-0.4, -0.2) is 57.6 Å². The van der Waals surface area contributed by atoms with Crippen molar-refractivity contribution in [3.63, 3.8) is 0 Å². The maximum Gasteiger partial charge on any atom is 0.227 e. The molecule has 1 N–H and O–H groups in total. The molecule has 0 radical (unpaired) electrons. The molecule has 138 valence electrons. The Bertz CT molecular complexity index is 828. The topological polar surface area (TPSA) is 60.9 Å². The predicted octanol–water partition coefficient (Wildman–Crippen LogP) is 3.03. The van der Waals surface area contributed by atoms with E-state index in [9.17, 15) is 0 Å². The van der Waals surface area contributed by atoms with Gasteiger partial charge in [0, 0.05) is 32.7 Å². The molecule has 0 saturated carbocycles. The van der Waals surface area contributed by atoms with E-state index in [0.717, 1.165) is 49.8 Å². The van der Waals surface area contributed by atoms with Gasteiger partial charge in [0.2, 0.25) is 5.95 Å². The van der Waals surface area contributed by atoms with E-state index in [2.05, 4.69) is 66.2 Å². The number of rotatable bonds is 4. The SMILES string of the molecule is C(=C\c1ccccc1)/CN1CCN(c2ncc3[nH]cnc3n2)CC1.Cl.Cl. The third kappa shape index (κ3) is 4.72. The fourth-order valence-electron chi connectivity index (χ4n) is 2.91. The first-order valence-corrected chi connectivity index (χ1v) is 8.23. The number of halogens is 2. The second-order valence-corrected chi connectivity index (χ2v) is 5.91. The Morgan fingerprint density at radius 3 is 2.54 bits per heavy atom. The second-order valence-electron chi connectivity index (χ2n) is 5.91.